The average Bonchev–Trinajstić information content (AvgIpc) is 2.54. The van der Waals surface area contributed by atoms with Gasteiger partial charge in [0.2, 0.25) is 0 Å². The summed E-state index contributed by atoms with van der Waals surface area (Å²) in [6, 6.07) is 14.1. The van der Waals surface area contributed by atoms with Crippen LogP contribution in [0.25, 0.3) is 0 Å². The van der Waals surface area contributed by atoms with E-state index in [-0.39, 0.29) is 5.91 Å². The van der Waals surface area contributed by atoms with Gasteiger partial charge in [-0.3, -0.25) is 4.79 Å². The van der Waals surface area contributed by atoms with E-state index < -0.39 is 0 Å². The molecule has 1 amide bonds. The van der Waals surface area contributed by atoms with E-state index in [1.54, 1.807) is 0 Å². The van der Waals surface area contributed by atoms with Crippen molar-refractivity contribution in [1.82, 2.24) is 0 Å². The molecule has 26 heavy (non-hydrogen) atoms. The number of para-hydroxylation sites is 1. The molecule has 0 saturated carbocycles. The molecule has 0 aromatic heterocycles. The highest BCUT2D eigenvalue weighted by Gasteiger charge is 2.18. The lowest BCUT2D eigenvalue weighted by Crippen LogP contribution is -3.08. The zero-order chi connectivity index (χ0) is 19.3. The number of carbonyl (C=O) groups excluding carboxylic acids is 1. The Kier molecular flexibility index (Phi) is 7.24. The van der Waals surface area contributed by atoms with Gasteiger partial charge in [0.1, 0.15) is 6.54 Å². The number of nitrogens with one attached hydrogen (secondary N) is 2. The van der Waals surface area contributed by atoms with E-state index in [1.165, 1.54) is 11.1 Å². The van der Waals surface area contributed by atoms with Gasteiger partial charge in [-0.2, -0.15) is 0 Å². The minimum Gasteiger partial charge on any atom is -0.326 e. The van der Waals surface area contributed by atoms with Gasteiger partial charge in [0.05, 0.1) is 7.05 Å². The van der Waals surface area contributed by atoms with Gasteiger partial charge in [-0.05, 0) is 35.1 Å². The van der Waals surface area contributed by atoms with Crippen LogP contribution in [0.1, 0.15) is 56.2 Å². The molecule has 0 spiro atoms. The third kappa shape index (κ3) is 5.58. The highest BCUT2D eigenvalue weighted by molar-refractivity contribution is 6.30. The molecule has 2 aromatic rings. The second-order valence-electron chi connectivity index (χ2n) is 7.61. The molecule has 0 aliphatic carbocycles. The molecular formula is C22H30ClN2O+. The summed E-state index contributed by atoms with van der Waals surface area (Å²) in [5, 5.41) is 3.91. The van der Waals surface area contributed by atoms with Gasteiger partial charge in [-0.15, -0.1) is 0 Å². The van der Waals surface area contributed by atoms with Crippen molar-refractivity contribution >= 4 is 23.2 Å². The summed E-state index contributed by atoms with van der Waals surface area (Å²) in [5.74, 6) is 0.764. The number of anilines is 1. The zero-order valence-corrected chi connectivity index (χ0v) is 17.2. The summed E-state index contributed by atoms with van der Waals surface area (Å²) >= 11 is 6.05. The number of hydrogen-bond acceptors (Lipinski definition) is 1. The number of likely N-dealkylation sites (N-methyl/N-ethyl adjacent to an activating group) is 1. The highest BCUT2D eigenvalue weighted by atomic mass is 35.5. The van der Waals surface area contributed by atoms with E-state index in [0.717, 1.165) is 27.7 Å². The Morgan fingerprint density at radius 3 is 2.15 bits per heavy atom. The first kappa shape index (κ1) is 20.5. The first-order chi connectivity index (χ1) is 12.3. The molecule has 0 aliphatic heterocycles. The molecule has 0 bridgehead atoms. The summed E-state index contributed by atoms with van der Waals surface area (Å²) < 4.78 is 0. The fraction of sp³-hybridized carbons (Fsp3) is 0.409. The van der Waals surface area contributed by atoms with Crippen molar-refractivity contribution in [3.63, 3.8) is 0 Å². The Balaban J connectivity index is 2.09. The van der Waals surface area contributed by atoms with Crippen LogP contribution >= 0.6 is 11.6 Å². The molecule has 2 rings (SSSR count). The van der Waals surface area contributed by atoms with Gasteiger partial charge in [0, 0.05) is 16.3 Å². The van der Waals surface area contributed by atoms with Crippen LogP contribution in [0, 0.1) is 0 Å². The Bertz CT molecular complexity index is 729. The van der Waals surface area contributed by atoms with Crippen LogP contribution in [0.2, 0.25) is 5.02 Å². The van der Waals surface area contributed by atoms with Crippen molar-refractivity contribution in [3.05, 3.63) is 64.2 Å². The zero-order valence-electron chi connectivity index (χ0n) is 16.4. The highest BCUT2D eigenvalue weighted by Crippen LogP contribution is 2.32. The first-order valence-corrected chi connectivity index (χ1v) is 9.64. The van der Waals surface area contributed by atoms with E-state index in [1.807, 2.05) is 31.3 Å². The second-order valence-corrected chi connectivity index (χ2v) is 8.05. The summed E-state index contributed by atoms with van der Waals surface area (Å²) in [4.78, 5) is 13.8. The number of quaternary nitrogens is 1. The predicted molar refractivity (Wildman–Crippen MR) is 110 cm³/mol. The number of benzene rings is 2. The van der Waals surface area contributed by atoms with Crippen LogP contribution in [0.15, 0.2) is 42.5 Å². The van der Waals surface area contributed by atoms with Crippen LogP contribution < -0.4 is 10.2 Å². The summed E-state index contributed by atoms with van der Waals surface area (Å²) in [5.41, 5.74) is 4.50. The maximum Gasteiger partial charge on any atom is 0.279 e. The quantitative estimate of drug-likeness (QED) is 0.747. The molecular weight excluding hydrogens is 344 g/mol. The molecule has 1 atom stereocenters. The van der Waals surface area contributed by atoms with Crippen molar-refractivity contribution in [3.8, 4) is 0 Å². The van der Waals surface area contributed by atoms with E-state index in [2.05, 4.69) is 51.2 Å². The third-order valence-electron chi connectivity index (χ3n) is 4.49. The smallest absolute Gasteiger partial charge is 0.279 e. The summed E-state index contributed by atoms with van der Waals surface area (Å²) in [7, 11) is 2.03. The van der Waals surface area contributed by atoms with E-state index >= 15 is 0 Å². The normalized spacial score (nSPS) is 12.5. The molecule has 0 heterocycles. The third-order valence-corrected chi connectivity index (χ3v) is 4.73. The summed E-state index contributed by atoms with van der Waals surface area (Å²) in [6.07, 6.45) is 0. The lowest BCUT2D eigenvalue weighted by Gasteiger charge is -2.21. The number of carbonyl (C=O) groups is 1. The van der Waals surface area contributed by atoms with Gasteiger partial charge in [0.25, 0.3) is 5.91 Å². The van der Waals surface area contributed by atoms with Crippen LogP contribution in [-0.2, 0) is 11.3 Å². The lowest BCUT2D eigenvalue weighted by molar-refractivity contribution is -0.885. The predicted octanol–water partition coefficient (Wildman–Crippen LogP) is 4.24. The molecule has 3 nitrogen and oxygen atoms in total. The molecule has 2 aromatic carbocycles. The number of amides is 1. The van der Waals surface area contributed by atoms with Gasteiger partial charge < -0.3 is 10.2 Å². The maximum atomic E-state index is 12.7. The van der Waals surface area contributed by atoms with Crippen molar-refractivity contribution in [2.24, 2.45) is 0 Å². The Labute approximate surface area is 162 Å². The van der Waals surface area contributed by atoms with Gasteiger partial charge in [-0.1, -0.05) is 69.6 Å². The Morgan fingerprint density at radius 1 is 1.04 bits per heavy atom. The minimum atomic E-state index is 0.0412. The van der Waals surface area contributed by atoms with Crippen molar-refractivity contribution in [2.75, 3.05) is 18.9 Å². The summed E-state index contributed by atoms with van der Waals surface area (Å²) in [6.45, 7) is 9.81. The number of rotatable bonds is 7. The van der Waals surface area contributed by atoms with Crippen molar-refractivity contribution in [1.29, 1.82) is 0 Å². The Hall–Kier alpha value is -1.84. The SMILES string of the molecule is CC(C)c1cccc(C(C)C)c1NC(=O)C[NH+](C)Cc1cccc(Cl)c1. The van der Waals surface area contributed by atoms with Crippen LogP contribution in [-0.4, -0.2) is 19.5 Å². The molecule has 1 unspecified atom stereocenters. The maximum absolute atomic E-state index is 12.7. The number of hydrogen-bond donors (Lipinski definition) is 2. The number of halogens is 1. The van der Waals surface area contributed by atoms with Crippen molar-refractivity contribution in [2.45, 2.75) is 46.1 Å². The second kappa shape index (κ2) is 9.20. The van der Waals surface area contributed by atoms with Crippen LogP contribution in [0.3, 0.4) is 0 Å². The fourth-order valence-corrected chi connectivity index (χ4v) is 3.42. The molecule has 4 heteroatoms. The monoisotopic (exact) mass is 373 g/mol. The fourth-order valence-electron chi connectivity index (χ4n) is 3.21. The molecule has 140 valence electrons. The standard InChI is InChI=1S/C22H29ClN2O/c1-15(2)19-10-7-11-20(16(3)4)22(19)24-21(26)14-25(5)13-17-8-6-9-18(23)12-17/h6-12,15-16H,13-14H2,1-5H3,(H,24,26)/p+1. The molecule has 2 N–H and O–H groups in total. The van der Waals surface area contributed by atoms with E-state index in [4.69, 9.17) is 11.6 Å². The van der Waals surface area contributed by atoms with E-state index in [0.29, 0.717) is 18.4 Å². The van der Waals surface area contributed by atoms with Crippen LogP contribution in [0.4, 0.5) is 5.69 Å². The largest absolute Gasteiger partial charge is 0.326 e. The first-order valence-electron chi connectivity index (χ1n) is 9.26. The van der Waals surface area contributed by atoms with E-state index in [9.17, 15) is 4.79 Å². The van der Waals surface area contributed by atoms with Gasteiger partial charge >= 0.3 is 0 Å². The van der Waals surface area contributed by atoms with Crippen LogP contribution in [0.5, 0.6) is 0 Å². The topological polar surface area (TPSA) is 33.5 Å². The molecule has 0 aliphatic rings. The van der Waals surface area contributed by atoms with Gasteiger partial charge in [0.15, 0.2) is 6.54 Å². The van der Waals surface area contributed by atoms with Gasteiger partial charge in [-0.25, -0.2) is 0 Å². The molecule has 0 fully saturated rings. The lowest BCUT2D eigenvalue weighted by atomic mass is 9.92. The molecule has 0 saturated heterocycles. The minimum absolute atomic E-state index is 0.0412. The average molecular weight is 374 g/mol. The Morgan fingerprint density at radius 2 is 1.62 bits per heavy atom. The molecule has 0 radical (unpaired) electrons. The van der Waals surface area contributed by atoms with Crippen molar-refractivity contribution < 1.29 is 9.69 Å².